The van der Waals surface area contributed by atoms with Crippen molar-refractivity contribution >= 4 is 28.3 Å². The van der Waals surface area contributed by atoms with Crippen LogP contribution in [0.1, 0.15) is 28.8 Å². The summed E-state index contributed by atoms with van der Waals surface area (Å²) in [7, 11) is 0. The molecule has 2 heterocycles. The molecular formula is C28H31N3O3. The number of nitrogens with one attached hydrogen (secondary N) is 1. The van der Waals surface area contributed by atoms with Gasteiger partial charge in [-0.15, -0.1) is 0 Å². The van der Waals surface area contributed by atoms with Gasteiger partial charge in [0.25, 0.3) is 5.91 Å². The number of benzene rings is 3. The number of hydrogen-bond donors (Lipinski definition) is 1. The number of piperidine rings is 1. The summed E-state index contributed by atoms with van der Waals surface area (Å²) in [6.07, 6.45) is 1.36. The van der Waals surface area contributed by atoms with E-state index >= 15 is 0 Å². The predicted molar refractivity (Wildman–Crippen MR) is 134 cm³/mol. The van der Waals surface area contributed by atoms with Gasteiger partial charge in [0, 0.05) is 49.9 Å². The second kappa shape index (κ2) is 10.4. The number of likely N-dealkylation sites (tertiary alicyclic amines) is 1. The molecule has 176 valence electrons. The van der Waals surface area contributed by atoms with Crippen molar-refractivity contribution in [1.29, 1.82) is 0 Å². The standard InChI is InChI=1S/C28H31N3O3/c32-27(29-24-10-8-21(9-11-24)20-30-16-18-34-19-17-30)23-12-14-31(15-13-23)28(33)26-7-3-5-22-4-1-2-6-25(22)26/h1-11,23H,12-20H2,(H,29,32). The number of carbonyl (C=O) groups excluding carboxylic acids is 2. The van der Waals surface area contributed by atoms with Crippen molar-refractivity contribution < 1.29 is 14.3 Å². The summed E-state index contributed by atoms with van der Waals surface area (Å²) in [6, 6.07) is 21.9. The molecule has 6 nitrogen and oxygen atoms in total. The molecule has 5 rings (SSSR count). The highest BCUT2D eigenvalue weighted by Crippen LogP contribution is 2.24. The lowest BCUT2D eigenvalue weighted by atomic mass is 9.94. The van der Waals surface area contributed by atoms with Gasteiger partial charge >= 0.3 is 0 Å². The first-order chi connectivity index (χ1) is 16.7. The largest absolute Gasteiger partial charge is 0.379 e. The van der Waals surface area contributed by atoms with Crippen molar-refractivity contribution in [3.8, 4) is 0 Å². The van der Waals surface area contributed by atoms with Crippen LogP contribution in [0.4, 0.5) is 5.69 Å². The van der Waals surface area contributed by atoms with Crippen LogP contribution in [0, 0.1) is 5.92 Å². The Morgan fingerprint density at radius 1 is 0.853 bits per heavy atom. The lowest BCUT2D eigenvalue weighted by Gasteiger charge is -2.31. The number of carbonyl (C=O) groups is 2. The van der Waals surface area contributed by atoms with E-state index in [0.717, 1.165) is 54.9 Å². The van der Waals surface area contributed by atoms with Crippen molar-refractivity contribution in [3.05, 3.63) is 77.9 Å². The molecule has 0 saturated carbocycles. The van der Waals surface area contributed by atoms with Gasteiger partial charge in [-0.25, -0.2) is 0 Å². The number of rotatable bonds is 5. The third-order valence-corrected chi connectivity index (χ3v) is 6.90. The van der Waals surface area contributed by atoms with Crippen molar-refractivity contribution in [2.24, 2.45) is 5.92 Å². The van der Waals surface area contributed by atoms with Gasteiger partial charge in [-0.3, -0.25) is 14.5 Å². The minimum Gasteiger partial charge on any atom is -0.379 e. The van der Waals surface area contributed by atoms with E-state index < -0.39 is 0 Å². The molecule has 6 heteroatoms. The van der Waals surface area contributed by atoms with E-state index in [0.29, 0.717) is 25.9 Å². The van der Waals surface area contributed by atoms with Gasteiger partial charge in [-0.1, -0.05) is 48.5 Å². The zero-order valence-corrected chi connectivity index (χ0v) is 19.4. The van der Waals surface area contributed by atoms with Gasteiger partial charge in [0.15, 0.2) is 0 Å². The lowest BCUT2D eigenvalue weighted by Crippen LogP contribution is -2.41. The molecule has 1 N–H and O–H groups in total. The van der Waals surface area contributed by atoms with Crippen LogP contribution in [-0.4, -0.2) is 61.0 Å². The Bertz CT molecular complexity index is 1140. The zero-order valence-electron chi connectivity index (χ0n) is 19.4. The summed E-state index contributed by atoms with van der Waals surface area (Å²) >= 11 is 0. The number of ether oxygens (including phenoxy) is 1. The zero-order chi connectivity index (χ0) is 23.3. The first kappa shape index (κ1) is 22.6. The Morgan fingerprint density at radius 2 is 1.56 bits per heavy atom. The molecule has 2 amide bonds. The average Bonchev–Trinajstić information content (AvgIpc) is 2.90. The van der Waals surface area contributed by atoms with Crippen LogP contribution in [0.25, 0.3) is 10.8 Å². The monoisotopic (exact) mass is 457 g/mol. The lowest BCUT2D eigenvalue weighted by molar-refractivity contribution is -0.121. The number of fused-ring (bicyclic) bond motifs is 1. The topological polar surface area (TPSA) is 61.9 Å². The third-order valence-electron chi connectivity index (χ3n) is 6.90. The minimum absolute atomic E-state index is 0.0400. The summed E-state index contributed by atoms with van der Waals surface area (Å²) < 4.78 is 5.41. The molecule has 0 unspecified atom stereocenters. The van der Waals surface area contributed by atoms with Crippen molar-refractivity contribution in [3.63, 3.8) is 0 Å². The molecule has 0 atom stereocenters. The summed E-state index contributed by atoms with van der Waals surface area (Å²) in [6.45, 7) is 5.60. The molecule has 2 saturated heterocycles. The number of amides is 2. The summed E-state index contributed by atoms with van der Waals surface area (Å²) in [4.78, 5) is 30.3. The quantitative estimate of drug-likeness (QED) is 0.625. The van der Waals surface area contributed by atoms with Gasteiger partial charge in [0.1, 0.15) is 0 Å². The van der Waals surface area contributed by atoms with Crippen LogP contribution in [0.5, 0.6) is 0 Å². The fraction of sp³-hybridized carbons (Fsp3) is 0.357. The van der Waals surface area contributed by atoms with E-state index in [9.17, 15) is 9.59 Å². The first-order valence-electron chi connectivity index (χ1n) is 12.1. The van der Waals surface area contributed by atoms with Crippen molar-refractivity contribution in [1.82, 2.24) is 9.80 Å². The van der Waals surface area contributed by atoms with E-state index in [1.165, 1.54) is 5.56 Å². The molecule has 34 heavy (non-hydrogen) atoms. The normalized spacial score (nSPS) is 17.6. The maximum atomic E-state index is 13.2. The molecule has 0 spiro atoms. The van der Waals surface area contributed by atoms with Crippen LogP contribution in [0.2, 0.25) is 0 Å². The van der Waals surface area contributed by atoms with E-state index in [4.69, 9.17) is 4.74 Å². The van der Waals surface area contributed by atoms with Gasteiger partial charge in [0.05, 0.1) is 13.2 Å². The summed E-state index contributed by atoms with van der Waals surface area (Å²) in [5.41, 5.74) is 2.79. The SMILES string of the molecule is O=C(Nc1ccc(CN2CCOCC2)cc1)C1CCN(C(=O)c2cccc3ccccc23)CC1. The summed E-state index contributed by atoms with van der Waals surface area (Å²) in [5, 5.41) is 5.11. The van der Waals surface area contributed by atoms with E-state index in [1.54, 1.807) is 0 Å². The fourth-order valence-electron chi connectivity index (χ4n) is 4.88. The maximum absolute atomic E-state index is 13.2. The Hall–Kier alpha value is -3.22. The second-order valence-electron chi connectivity index (χ2n) is 9.17. The van der Waals surface area contributed by atoms with Crippen molar-refractivity contribution in [2.75, 3.05) is 44.7 Å². The Labute approximate surface area is 200 Å². The van der Waals surface area contributed by atoms with E-state index in [2.05, 4.69) is 22.3 Å². The predicted octanol–water partition coefficient (Wildman–Crippen LogP) is 4.16. The molecule has 0 radical (unpaired) electrons. The highest BCUT2D eigenvalue weighted by Gasteiger charge is 2.28. The fourth-order valence-corrected chi connectivity index (χ4v) is 4.88. The number of anilines is 1. The maximum Gasteiger partial charge on any atom is 0.254 e. The minimum atomic E-state index is -0.0791. The van der Waals surface area contributed by atoms with E-state index in [1.807, 2.05) is 59.5 Å². The van der Waals surface area contributed by atoms with Gasteiger partial charge in [0.2, 0.25) is 5.91 Å². The van der Waals surface area contributed by atoms with Gasteiger partial charge in [-0.2, -0.15) is 0 Å². The number of nitrogens with zero attached hydrogens (tertiary/aromatic N) is 2. The number of morpholine rings is 1. The van der Waals surface area contributed by atoms with Crippen LogP contribution in [0.15, 0.2) is 66.7 Å². The van der Waals surface area contributed by atoms with Gasteiger partial charge < -0.3 is 15.0 Å². The average molecular weight is 458 g/mol. The molecule has 0 bridgehead atoms. The van der Waals surface area contributed by atoms with Crippen LogP contribution >= 0.6 is 0 Å². The molecular weight excluding hydrogens is 426 g/mol. The molecule has 2 aliphatic rings. The molecule has 2 fully saturated rings. The Balaban J connectivity index is 1.14. The highest BCUT2D eigenvalue weighted by atomic mass is 16.5. The highest BCUT2D eigenvalue weighted by molar-refractivity contribution is 6.07. The Kier molecular flexibility index (Phi) is 6.88. The van der Waals surface area contributed by atoms with Crippen LogP contribution < -0.4 is 5.32 Å². The molecule has 3 aromatic rings. The smallest absolute Gasteiger partial charge is 0.254 e. The Morgan fingerprint density at radius 3 is 2.32 bits per heavy atom. The molecule has 2 aliphatic heterocycles. The molecule has 0 aliphatic carbocycles. The first-order valence-corrected chi connectivity index (χ1v) is 12.1. The molecule has 3 aromatic carbocycles. The van der Waals surface area contributed by atoms with Gasteiger partial charge in [-0.05, 0) is 47.4 Å². The van der Waals surface area contributed by atoms with E-state index in [-0.39, 0.29) is 17.7 Å². The number of hydrogen-bond acceptors (Lipinski definition) is 4. The molecule has 0 aromatic heterocycles. The van der Waals surface area contributed by atoms with Crippen molar-refractivity contribution in [2.45, 2.75) is 19.4 Å². The summed E-state index contributed by atoms with van der Waals surface area (Å²) in [5.74, 6) is 0.00861. The van der Waals surface area contributed by atoms with Crippen LogP contribution in [-0.2, 0) is 16.1 Å². The third kappa shape index (κ3) is 5.13. The second-order valence-corrected chi connectivity index (χ2v) is 9.17. The van der Waals surface area contributed by atoms with Crippen LogP contribution in [0.3, 0.4) is 0 Å².